The van der Waals surface area contributed by atoms with E-state index < -0.39 is 43.2 Å². The van der Waals surface area contributed by atoms with Crippen LogP contribution in [0.25, 0.3) is 0 Å². The number of halogens is 2. The molecule has 0 spiro atoms. The topological polar surface area (TPSA) is 139 Å². The molecule has 1 saturated heterocycles. The average Bonchev–Trinajstić information content (AvgIpc) is 2.50. The highest BCUT2D eigenvalue weighted by molar-refractivity contribution is 6.38. The predicted molar refractivity (Wildman–Crippen MR) is 80.8 cm³/mol. The fraction of sp³-hybridized carbons (Fsp3) is 0.462. The van der Waals surface area contributed by atoms with Crippen molar-refractivity contribution in [2.75, 3.05) is 11.9 Å². The minimum Gasteiger partial charge on any atom is -0.478 e. The molecule has 0 radical (unpaired) electrons. The molecule has 128 valence electrons. The maximum atomic E-state index is 11.1. The van der Waals surface area contributed by atoms with Gasteiger partial charge in [-0.15, -0.1) is 0 Å². The second-order valence-corrected chi connectivity index (χ2v) is 5.83. The third-order valence-electron chi connectivity index (χ3n) is 3.46. The van der Waals surface area contributed by atoms with Crippen LogP contribution in [0, 0.1) is 0 Å². The lowest BCUT2D eigenvalue weighted by atomic mass is 9.98. The van der Waals surface area contributed by atoms with Gasteiger partial charge in [0.1, 0.15) is 24.4 Å². The summed E-state index contributed by atoms with van der Waals surface area (Å²) in [7, 11) is 0. The van der Waals surface area contributed by atoms with Crippen molar-refractivity contribution in [3.05, 3.63) is 27.7 Å². The number of hydrogen-bond acceptors (Lipinski definition) is 7. The van der Waals surface area contributed by atoms with E-state index >= 15 is 0 Å². The van der Waals surface area contributed by atoms with Crippen LogP contribution in [-0.2, 0) is 4.74 Å². The Morgan fingerprint density at radius 2 is 1.83 bits per heavy atom. The summed E-state index contributed by atoms with van der Waals surface area (Å²) in [4.78, 5) is 11.1. The van der Waals surface area contributed by atoms with Gasteiger partial charge in [0, 0.05) is 5.02 Å². The Labute approximate surface area is 140 Å². The molecule has 1 aliphatic rings. The molecule has 1 aliphatic heterocycles. The van der Waals surface area contributed by atoms with Crippen LogP contribution >= 0.6 is 23.2 Å². The molecule has 0 bridgehead atoms. The summed E-state index contributed by atoms with van der Waals surface area (Å²) in [6, 6.07) is 2.47. The summed E-state index contributed by atoms with van der Waals surface area (Å²) in [6.45, 7) is -0.590. The second kappa shape index (κ2) is 7.18. The van der Waals surface area contributed by atoms with E-state index in [-0.39, 0.29) is 21.3 Å². The molecule has 10 heteroatoms. The van der Waals surface area contributed by atoms with E-state index in [2.05, 4.69) is 5.32 Å². The number of anilines is 1. The molecule has 1 aromatic rings. The second-order valence-electron chi connectivity index (χ2n) is 5.01. The van der Waals surface area contributed by atoms with Crippen molar-refractivity contribution in [3.63, 3.8) is 0 Å². The molecule has 0 aliphatic carbocycles. The number of hydrogen-bond donors (Lipinski definition) is 6. The zero-order chi connectivity index (χ0) is 17.3. The molecule has 6 N–H and O–H groups in total. The van der Waals surface area contributed by atoms with Gasteiger partial charge in [-0.2, -0.15) is 0 Å². The molecule has 0 aromatic heterocycles. The number of rotatable bonds is 4. The molecule has 5 atom stereocenters. The Kier molecular flexibility index (Phi) is 5.69. The quantitative estimate of drug-likeness (QED) is 0.433. The van der Waals surface area contributed by atoms with Crippen molar-refractivity contribution in [2.45, 2.75) is 30.6 Å². The highest BCUT2D eigenvalue weighted by Gasteiger charge is 2.43. The van der Waals surface area contributed by atoms with Gasteiger partial charge in [0.05, 0.1) is 22.9 Å². The monoisotopic (exact) mass is 367 g/mol. The molecular formula is C13H15Cl2NO7. The van der Waals surface area contributed by atoms with Crippen molar-refractivity contribution >= 4 is 34.9 Å². The zero-order valence-electron chi connectivity index (χ0n) is 11.6. The van der Waals surface area contributed by atoms with Gasteiger partial charge in [-0.05, 0) is 12.1 Å². The molecular weight excluding hydrogens is 353 g/mol. The van der Waals surface area contributed by atoms with E-state index in [1.54, 1.807) is 0 Å². The molecule has 0 amide bonds. The number of benzene rings is 1. The van der Waals surface area contributed by atoms with Gasteiger partial charge in [-0.1, -0.05) is 23.2 Å². The van der Waals surface area contributed by atoms with E-state index in [4.69, 9.17) is 38.2 Å². The van der Waals surface area contributed by atoms with Crippen LogP contribution in [0.15, 0.2) is 12.1 Å². The van der Waals surface area contributed by atoms with Crippen LogP contribution in [0.4, 0.5) is 5.69 Å². The zero-order valence-corrected chi connectivity index (χ0v) is 13.1. The molecule has 0 saturated carbocycles. The van der Waals surface area contributed by atoms with E-state index in [0.717, 1.165) is 6.07 Å². The van der Waals surface area contributed by atoms with Crippen LogP contribution < -0.4 is 5.32 Å². The summed E-state index contributed by atoms with van der Waals surface area (Å²) in [5, 5.41) is 50.1. The van der Waals surface area contributed by atoms with Crippen LogP contribution in [0.3, 0.4) is 0 Å². The van der Waals surface area contributed by atoms with Crippen LogP contribution in [0.2, 0.25) is 10.0 Å². The Balaban J connectivity index is 2.29. The minimum absolute atomic E-state index is 0.0564. The Bertz CT molecular complexity index is 598. The van der Waals surface area contributed by atoms with Crippen molar-refractivity contribution in [3.8, 4) is 0 Å². The molecule has 1 aromatic carbocycles. The van der Waals surface area contributed by atoms with E-state index in [1.807, 2.05) is 0 Å². The first kappa shape index (κ1) is 18.2. The lowest BCUT2D eigenvalue weighted by Gasteiger charge is -2.40. The maximum absolute atomic E-state index is 11.1. The molecule has 2 rings (SSSR count). The normalized spacial score (nSPS) is 31.0. The van der Waals surface area contributed by atoms with Gasteiger partial charge in [-0.3, -0.25) is 0 Å². The van der Waals surface area contributed by atoms with Gasteiger partial charge in [-0.25, -0.2) is 4.79 Å². The maximum Gasteiger partial charge on any atom is 0.337 e. The van der Waals surface area contributed by atoms with E-state index in [9.17, 15) is 20.1 Å². The fourth-order valence-electron chi connectivity index (χ4n) is 2.22. The average molecular weight is 368 g/mol. The third-order valence-corrected chi connectivity index (χ3v) is 4.08. The SMILES string of the molecule is O=C(O)c1cc(Cl)cc(NC2O[C@H](CO)[C@@H](O)[C@H](O)[C@H]2O)c1Cl. The Morgan fingerprint density at radius 1 is 1.17 bits per heavy atom. The van der Waals surface area contributed by atoms with Crippen LogP contribution in [-0.4, -0.2) is 68.8 Å². The van der Waals surface area contributed by atoms with E-state index in [1.165, 1.54) is 6.07 Å². The van der Waals surface area contributed by atoms with Crippen molar-refractivity contribution in [1.29, 1.82) is 0 Å². The summed E-state index contributed by atoms with van der Waals surface area (Å²) in [6.07, 6.45) is -6.98. The predicted octanol–water partition coefficient (Wildman–Crippen LogP) is -0.0966. The van der Waals surface area contributed by atoms with Crippen molar-refractivity contribution in [1.82, 2.24) is 0 Å². The van der Waals surface area contributed by atoms with Gasteiger partial charge in [0.25, 0.3) is 0 Å². The summed E-state index contributed by atoms with van der Waals surface area (Å²) < 4.78 is 5.26. The van der Waals surface area contributed by atoms with Crippen molar-refractivity contribution in [2.24, 2.45) is 0 Å². The van der Waals surface area contributed by atoms with Gasteiger partial charge >= 0.3 is 5.97 Å². The smallest absolute Gasteiger partial charge is 0.337 e. The lowest BCUT2D eigenvalue weighted by Crippen LogP contribution is -2.60. The van der Waals surface area contributed by atoms with Crippen LogP contribution in [0.5, 0.6) is 0 Å². The highest BCUT2D eigenvalue weighted by Crippen LogP contribution is 2.32. The number of carboxylic acid groups (broad SMARTS) is 1. The number of aliphatic hydroxyl groups is 4. The number of aromatic carboxylic acids is 1. The largest absolute Gasteiger partial charge is 0.478 e. The van der Waals surface area contributed by atoms with Gasteiger partial charge in [0.15, 0.2) is 6.23 Å². The number of ether oxygens (including phenoxy) is 1. The molecule has 8 nitrogen and oxygen atoms in total. The number of carbonyl (C=O) groups is 1. The molecule has 23 heavy (non-hydrogen) atoms. The fourth-order valence-corrected chi connectivity index (χ4v) is 2.69. The number of carboxylic acids is 1. The first-order chi connectivity index (χ1) is 10.8. The highest BCUT2D eigenvalue weighted by atomic mass is 35.5. The van der Waals surface area contributed by atoms with Gasteiger partial charge in [0.2, 0.25) is 0 Å². The lowest BCUT2D eigenvalue weighted by molar-refractivity contribution is -0.221. The first-order valence-corrected chi connectivity index (χ1v) is 7.31. The van der Waals surface area contributed by atoms with Crippen LogP contribution in [0.1, 0.15) is 10.4 Å². The Morgan fingerprint density at radius 3 is 2.39 bits per heavy atom. The summed E-state index contributed by atoms with van der Waals surface area (Å²) in [5.74, 6) is -1.30. The van der Waals surface area contributed by atoms with Gasteiger partial charge < -0.3 is 35.6 Å². The first-order valence-electron chi connectivity index (χ1n) is 6.55. The van der Waals surface area contributed by atoms with Crippen molar-refractivity contribution < 1.29 is 35.1 Å². The molecule has 1 fully saturated rings. The van der Waals surface area contributed by atoms with E-state index in [0.29, 0.717) is 0 Å². The number of aliphatic hydroxyl groups excluding tert-OH is 4. The number of nitrogens with one attached hydrogen (secondary N) is 1. The standard InChI is InChI=1S/C13H15Cl2NO7/c14-4-1-5(13(21)22)8(15)6(2-4)16-12-11(20)10(19)9(18)7(3-17)23-12/h1-2,7,9-12,16-20H,3H2,(H,21,22)/t7-,9-,10+,11-,12?/m1/s1. The third kappa shape index (κ3) is 3.69. The summed E-state index contributed by atoms with van der Waals surface area (Å²) >= 11 is 11.8. The minimum atomic E-state index is -1.57. The molecule has 1 unspecified atom stereocenters. The molecule has 1 heterocycles. The summed E-state index contributed by atoms with van der Waals surface area (Å²) in [5.41, 5.74) is -0.202. The Hall–Kier alpha value is -1.13.